The van der Waals surface area contributed by atoms with Crippen LogP contribution in [-0.4, -0.2) is 14.5 Å². The highest BCUT2D eigenvalue weighted by Gasteiger charge is 2.53. The summed E-state index contributed by atoms with van der Waals surface area (Å²) < 4.78 is 2.46. The van der Waals surface area contributed by atoms with Gasteiger partial charge in [0.25, 0.3) is 0 Å². The first-order valence-corrected chi connectivity index (χ1v) is 23.6. The molecule has 3 heterocycles. The zero-order chi connectivity index (χ0) is 43.9. The van der Waals surface area contributed by atoms with Crippen molar-refractivity contribution in [2.75, 3.05) is 0 Å². The van der Waals surface area contributed by atoms with Crippen LogP contribution in [0.4, 0.5) is 0 Å². The Bertz CT molecular complexity index is 4360. The van der Waals surface area contributed by atoms with Crippen LogP contribution in [0.15, 0.2) is 200 Å². The van der Waals surface area contributed by atoms with E-state index in [0.29, 0.717) is 0 Å². The van der Waals surface area contributed by atoms with Crippen molar-refractivity contribution < 1.29 is 0 Å². The maximum absolute atomic E-state index is 4.00. The number of nitrogens with one attached hydrogen (secondary N) is 2. The topological polar surface area (TPSA) is 36.5 Å². The van der Waals surface area contributed by atoms with Crippen molar-refractivity contribution in [3.63, 3.8) is 0 Å². The van der Waals surface area contributed by atoms with Crippen LogP contribution in [-0.2, 0) is 10.8 Å². The summed E-state index contributed by atoms with van der Waals surface area (Å²) in [6, 6.07) is 75.5. The van der Waals surface area contributed by atoms with Crippen molar-refractivity contribution in [2.45, 2.75) is 24.7 Å². The second-order valence-corrected chi connectivity index (χ2v) is 19.7. The molecule has 3 aromatic heterocycles. The largest absolute Gasteiger partial charge is 0.354 e. The van der Waals surface area contributed by atoms with Crippen molar-refractivity contribution in [3.8, 4) is 50.2 Å². The maximum atomic E-state index is 4.00. The van der Waals surface area contributed by atoms with Crippen LogP contribution < -0.4 is 0 Å². The van der Waals surface area contributed by atoms with Crippen LogP contribution in [0.1, 0.15) is 47.2 Å². The lowest BCUT2D eigenvalue weighted by atomic mass is 9.70. The molecule has 0 saturated carbocycles. The number of hydrogen-bond acceptors (Lipinski definition) is 0. The first-order valence-electron chi connectivity index (χ1n) is 23.6. The molecule has 0 aliphatic heterocycles. The summed E-state index contributed by atoms with van der Waals surface area (Å²) >= 11 is 0. The number of hydrogen-bond donors (Lipinski definition) is 2. The summed E-state index contributed by atoms with van der Waals surface area (Å²) in [5.74, 6) is 0. The van der Waals surface area contributed by atoms with E-state index in [-0.39, 0.29) is 5.41 Å². The van der Waals surface area contributed by atoms with Gasteiger partial charge in [-0.05, 0) is 121 Å². The number of fused-ring (bicyclic) bond motifs is 24. The van der Waals surface area contributed by atoms with E-state index in [1.54, 1.807) is 0 Å². The predicted molar refractivity (Wildman–Crippen MR) is 279 cm³/mol. The normalized spacial score (nSPS) is 16.1. The lowest BCUT2D eigenvalue weighted by Crippen LogP contribution is -2.25. The average Bonchev–Trinajstić information content (AvgIpc) is 4.20. The molecule has 67 heavy (non-hydrogen) atoms. The van der Waals surface area contributed by atoms with E-state index >= 15 is 0 Å². The second kappa shape index (κ2) is 12.3. The molecule has 2 N–H and O–H groups in total. The number of aromatic nitrogens is 3. The molecular weight excluding hydrogens is 811 g/mol. The van der Waals surface area contributed by atoms with Crippen molar-refractivity contribution >= 4 is 65.4 Å². The van der Waals surface area contributed by atoms with E-state index in [9.17, 15) is 0 Å². The standard InChI is InChI=1S/C64H41N3/c1-63(2)49-20-10-6-16-39(49)45-34-48-47-33-37(25-31-57(47)67(58(48)35-54(45)63)38-14-4-3-5-15-38)36-24-30-56-46(32-36)42-27-29-53-60(62(42)66-56)44-19-8-12-22-51(44)64(53)50-21-11-7-18-43(50)59-52(64)28-26-41-40-17-9-13-23-55(40)65-61(41)59/h3-35,65-66H,1-2H3. The molecule has 1 unspecified atom stereocenters. The zero-order valence-electron chi connectivity index (χ0n) is 37.0. The smallest absolute Gasteiger partial charge is 0.0727 e. The average molecular weight is 852 g/mol. The molecule has 10 aromatic carbocycles. The van der Waals surface area contributed by atoms with Gasteiger partial charge in [-0.1, -0.05) is 159 Å². The number of H-pyrrole nitrogens is 2. The van der Waals surface area contributed by atoms with Gasteiger partial charge in [0.05, 0.1) is 27.5 Å². The molecule has 0 fully saturated rings. The second-order valence-electron chi connectivity index (χ2n) is 19.7. The summed E-state index contributed by atoms with van der Waals surface area (Å²) in [5.41, 5.74) is 26.3. The highest BCUT2D eigenvalue weighted by Crippen LogP contribution is 2.65. The fourth-order valence-electron chi connectivity index (χ4n) is 13.4. The van der Waals surface area contributed by atoms with Crippen LogP contribution in [0.3, 0.4) is 0 Å². The minimum absolute atomic E-state index is 0.0857. The fraction of sp³-hybridized carbons (Fsp3) is 0.0625. The summed E-state index contributed by atoms with van der Waals surface area (Å²) in [7, 11) is 0. The van der Waals surface area contributed by atoms with Crippen LogP contribution in [0, 0.1) is 0 Å². The van der Waals surface area contributed by atoms with E-state index in [0.717, 1.165) is 5.52 Å². The SMILES string of the molecule is CC1(C)c2ccccc2-c2cc3c4cc(-c5ccc6[nH]c7c8c(ccc7c6c5)C5(c6ccccc6-c6c5ccc5c6[nH]c6ccccc65)c5ccccc5-8)ccc4n(-c4ccccc4)c3cc21. The van der Waals surface area contributed by atoms with E-state index in [1.807, 2.05) is 0 Å². The minimum atomic E-state index is -0.452. The molecule has 1 atom stereocenters. The molecule has 13 aromatic rings. The Morgan fingerprint density at radius 1 is 0.343 bits per heavy atom. The summed E-state index contributed by atoms with van der Waals surface area (Å²) in [6.07, 6.45) is 0. The van der Waals surface area contributed by atoms with Crippen LogP contribution in [0.25, 0.3) is 116 Å². The van der Waals surface area contributed by atoms with Gasteiger partial charge in [0.15, 0.2) is 0 Å². The molecule has 3 nitrogen and oxygen atoms in total. The van der Waals surface area contributed by atoms with E-state index in [2.05, 4.69) is 229 Å². The molecular formula is C64H41N3. The summed E-state index contributed by atoms with van der Waals surface area (Å²) in [4.78, 5) is 7.88. The monoisotopic (exact) mass is 851 g/mol. The van der Waals surface area contributed by atoms with Crippen molar-refractivity contribution in [1.29, 1.82) is 0 Å². The first-order chi connectivity index (χ1) is 33.0. The van der Waals surface area contributed by atoms with E-state index in [4.69, 9.17) is 0 Å². The molecule has 0 amide bonds. The van der Waals surface area contributed by atoms with Crippen LogP contribution in [0.5, 0.6) is 0 Å². The van der Waals surface area contributed by atoms with Crippen molar-refractivity contribution in [1.82, 2.24) is 14.5 Å². The van der Waals surface area contributed by atoms with Gasteiger partial charge in [0, 0.05) is 65.6 Å². The molecule has 3 aliphatic carbocycles. The number of benzene rings is 10. The fourth-order valence-corrected chi connectivity index (χ4v) is 13.4. The Hall–Kier alpha value is -8.40. The van der Waals surface area contributed by atoms with Gasteiger partial charge < -0.3 is 14.5 Å². The molecule has 312 valence electrons. The number of rotatable bonds is 2. The molecule has 0 bridgehead atoms. The highest BCUT2D eigenvalue weighted by atomic mass is 15.0. The van der Waals surface area contributed by atoms with E-state index in [1.165, 1.54) is 143 Å². The van der Waals surface area contributed by atoms with Crippen LogP contribution >= 0.6 is 0 Å². The van der Waals surface area contributed by atoms with Crippen LogP contribution in [0.2, 0.25) is 0 Å². The zero-order valence-corrected chi connectivity index (χ0v) is 37.0. The van der Waals surface area contributed by atoms with E-state index < -0.39 is 5.41 Å². The molecule has 0 radical (unpaired) electrons. The lowest BCUT2D eigenvalue weighted by Gasteiger charge is -2.30. The predicted octanol–water partition coefficient (Wildman–Crippen LogP) is 16.4. The molecule has 3 aliphatic rings. The summed E-state index contributed by atoms with van der Waals surface area (Å²) in [6.45, 7) is 4.75. The lowest BCUT2D eigenvalue weighted by molar-refractivity contribution is 0.661. The third-order valence-electron chi connectivity index (χ3n) is 16.3. The van der Waals surface area contributed by atoms with Gasteiger partial charge in [-0.25, -0.2) is 0 Å². The van der Waals surface area contributed by atoms with Crippen molar-refractivity contribution in [3.05, 3.63) is 234 Å². The quantitative estimate of drug-likeness (QED) is 0.174. The van der Waals surface area contributed by atoms with Gasteiger partial charge in [0.2, 0.25) is 0 Å². The number of para-hydroxylation sites is 2. The molecule has 1 spiro atoms. The Labute approximate surface area is 386 Å². The Balaban J connectivity index is 0.905. The van der Waals surface area contributed by atoms with Gasteiger partial charge in [-0.2, -0.15) is 0 Å². The Kier molecular flexibility index (Phi) is 6.58. The molecule has 16 rings (SSSR count). The minimum Gasteiger partial charge on any atom is -0.354 e. The van der Waals surface area contributed by atoms with Gasteiger partial charge >= 0.3 is 0 Å². The highest BCUT2D eigenvalue weighted by molar-refractivity contribution is 6.19. The number of aromatic amines is 2. The van der Waals surface area contributed by atoms with Gasteiger partial charge in [-0.3, -0.25) is 0 Å². The first kappa shape index (κ1) is 35.9. The Morgan fingerprint density at radius 2 is 0.896 bits per heavy atom. The third-order valence-corrected chi connectivity index (χ3v) is 16.3. The number of nitrogens with zero attached hydrogens (tertiary/aromatic N) is 1. The maximum Gasteiger partial charge on any atom is 0.0727 e. The summed E-state index contributed by atoms with van der Waals surface area (Å²) in [5, 5.41) is 7.57. The van der Waals surface area contributed by atoms with Gasteiger partial charge in [0.1, 0.15) is 0 Å². The molecule has 0 saturated heterocycles. The van der Waals surface area contributed by atoms with Gasteiger partial charge in [-0.15, -0.1) is 0 Å². The van der Waals surface area contributed by atoms with Crippen molar-refractivity contribution in [2.24, 2.45) is 0 Å². The molecule has 3 heteroatoms. The Morgan fingerprint density at radius 3 is 1.61 bits per heavy atom. The third kappa shape index (κ3) is 4.30.